The standard InChI is InChI=1S/C27H21NO2S/c1-3-10-23(27-17(2)18-11-8-9-16-24(18)31-27)25-21-14-6-4-12-19(21)20-13-5-7-15-22(20)26(25)28(29)30/h4-16H,3H2,1-2H3/b23-10-. The molecule has 0 bridgehead atoms. The molecule has 1 heterocycles. The number of rotatable bonds is 4. The topological polar surface area (TPSA) is 43.1 Å². The summed E-state index contributed by atoms with van der Waals surface area (Å²) < 4.78 is 1.20. The molecule has 4 aromatic carbocycles. The lowest BCUT2D eigenvalue weighted by atomic mass is 9.89. The van der Waals surface area contributed by atoms with Crippen molar-refractivity contribution in [1.29, 1.82) is 0 Å². The second kappa shape index (κ2) is 7.64. The summed E-state index contributed by atoms with van der Waals surface area (Å²) >= 11 is 1.71. The van der Waals surface area contributed by atoms with Crippen LogP contribution in [0.15, 0.2) is 78.9 Å². The van der Waals surface area contributed by atoms with Crippen LogP contribution in [-0.4, -0.2) is 4.92 Å². The Morgan fingerprint density at radius 1 is 0.871 bits per heavy atom. The molecule has 0 atom stereocenters. The van der Waals surface area contributed by atoms with Gasteiger partial charge in [0.25, 0.3) is 5.69 Å². The Hall–Kier alpha value is -3.50. The largest absolute Gasteiger partial charge is 0.285 e. The molecule has 0 amide bonds. The minimum atomic E-state index is -0.212. The fourth-order valence-electron chi connectivity index (χ4n) is 4.53. The molecule has 0 radical (unpaired) electrons. The summed E-state index contributed by atoms with van der Waals surface area (Å²) in [7, 11) is 0. The van der Waals surface area contributed by atoms with Gasteiger partial charge in [-0.25, -0.2) is 0 Å². The van der Waals surface area contributed by atoms with E-state index in [1.165, 1.54) is 15.6 Å². The first kappa shape index (κ1) is 19.5. The Balaban J connectivity index is 1.97. The monoisotopic (exact) mass is 423 g/mol. The molecule has 0 unspecified atom stereocenters. The summed E-state index contributed by atoms with van der Waals surface area (Å²) in [5.41, 5.74) is 3.03. The predicted octanol–water partition coefficient (Wildman–Crippen LogP) is 8.27. The highest BCUT2D eigenvalue weighted by Crippen LogP contribution is 2.46. The van der Waals surface area contributed by atoms with Crippen molar-refractivity contribution in [2.24, 2.45) is 0 Å². The number of thiophene rings is 1. The van der Waals surface area contributed by atoms with Crippen molar-refractivity contribution >= 4 is 54.2 Å². The fourth-order valence-corrected chi connectivity index (χ4v) is 5.78. The zero-order chi connectivity index (χ0) is 21.5. The van der Waals surface area contributed by atoms with Crippen molar-refractivity contribution in [3.63, 3.8) is 0 Å². The molecule has 31 heavy (non-hydrogen) atoms. The molecule has 152 valence electrons. The Morgan fingerprint density at radius 3 is 2.03 bits per heavy atom. The zero-order valence-electron chi connectivity index (χ0n) is 17.4. The van der Waals surface area contributed by atoms with Gasteiger partial charge in [0.2, 0.25) is 0 Å². The number of nitro benzene ring substituents is 1. The molecule has 4 heteroatoms. The number of allylic oxidation sites excluding steroid dienone is 1. The first-order valence-corrected chi connectivity index (χ1v) is 11.2. The highest BCUT2D eigenvalue weighted by atomic mass is 32.1. The van der Waals surface area contributed by atoms with Crippen LogP contribution in [0, 0.1) is 17.0 Å². The van der Waals surface area contributed by atoms with Crippen LogP contribution < -0.4 is 0 Å². The fraction of sp³-hybridized carbons (Fsp3) is 0.111. The van der Waals surface area contributed by atoms with Gasteiger partial charge in [-0.3, -0.25) is 10.1 Å². The number of nitrogens with zero attached hydrogens (tertiary/aromatic N) is 1. The number of nitro groups is 1. The van der Waals surface area contributed by atoms with E-state index in [0.29, 0.717) is 5.39 Å². The molecule has 3 nitrogen and oxygen atoms in total. The lowest BCUT2D eigenvalue weighted by Crippen LogP contribution is -2.00. The SMILES string of the molecule is CC/C=C(\c1sc2ccccc2c1C)c1c([N+](=O)[O-])c2ccccc2c2ccccc12. The van der Waals surface area contributed by atoms with E-state index in [-0.39, 0.29) is 10.6 Å². The smallest absolute Gasteiger partial charge is 0.258 e. The molecule has 0 saturated heterocycles. The van der Waals surface area contributed by atoms with Gasteiger partial charge < -0.3 is 0 Å². The predicted molar refractivity (Wildman–Crippen MR) is 132 cm³/mol. The lowest BCUT2D eigenvalue weighted by Gasteiger charge is -2.15. The van der Waals surface area contributed by atoms with Crippen molar-refractivity contribution < 1.29 is 4.92 Å². The Morgan fingerprint density at radius 2 is 1.42 bits per heavy atom. The van der Waals surface area contributed by atoms with Crippen molar-refractivity contribution in [2.75, 3.05) is 0 Å². The highest BCUT2D eigenvalue weighted by molar-refractivity contribution is 7.20. The molecule has 0 fully saturated rings. The van der Waals surface area contributed by atoms with E-state index < -0.39 is 0 Å². The third kappa shape index (κ3) is 3.03. The minimum Gasteiger partial charge on any atom is -0.258 e. The molecule has 1 aromatic heterocycles. The quantitative estimate of drug-likeness (QED) is 0.166. The van der Waals surface area contributed by atoms with Crippen LogP contribution >= 0.6 is 11.3 Å². The molecule has 0 aliphatic carbocycles. The summed E-state index contributed by atoms with van der Waals surface area (Å²) in [4.78, 5) is 13.3. The van der Waals surface area contributed by atoms with Gasteiger partial charge >= 0.3 is 0 Å². The van der Waals surface area contributed by atoms with Crippen molar-refractivity contribution in [1.82, 2.24) is 0 Å². The van der Waals surface area contributed by atoms with Gasteiger partial charge in [0, 0.05) is 15.2 Å². The average molecular weight is 424 g/mol. The molecular weight excluding hydrogens is 402 g/mol. The van der Waals surface area contributed by atoms with E-state index in [1.54, 1.807) is 11.3 Å². The zero-order valence-corrected chi connectivity index (χ0v) is 18.2. The minimum absolute atomic E-state index is 0.186. The van der Waals surface area contributed by atoms with Gasteiger partial charge in [-0.2, -0.15) is 0 Å². The number of fused-ring (bicyclic) bond motifs is 4. The summed E-state index contributed by atoms with van der Waals surface area (Å²) in [6, 6.07) is 24.0. The first-order chi connectivity index (χ1) is 15.1. The van der Waals surface area contributed by atoms with Crippen LogP contribution in [0.1, 0.15) is 29.3 Å². The number of hydrogen-bond donors (Lipinski definition) is 0. The second-order valence-corrected chi connectivity index (χ2v) is 8.70. The summed E-state index contributed by atoms with van der Waals surface area (Å²) in [6.45, 7) is 4.20. The number of aryl methyl sites for hydroxylation is 1. The maximum Gasteiger partial charge on any atom is 0.285 e. The molecule has 0 aliphatic heterocycles. The Labute approximate surface area is 184 Å². The molecule has 5 aromatic rings. The highest BCUT2D eigenvalue weighted by Gasteiger charge is 2.27. The normalized spacial score (nSPS) is 12.1. The summed E-state index contributed by atoms with van der Waals surface area (Å²) in [6.07, 6.45) is 2.93. The van der Waals surface area contributed by atoms with E-state index in [0.717, 1.165) is 38.6 Å². The van der Waals surface area contributed by atoms with Gasteiger partial charge in [-0.05, 0) is 52.6 Å². The van der Waals surface area contributed by atoms with Crippen LogP contribution in [0.2, 0.25) is 0 Å². The molecule has 0 N–H and O–H groups in total. The summed E-state index contributed by atoms with van der Waals surface area (Å²) in [5, 5.41) is 17.2. The van der Waals surface area contributed by atoms with E-state index in [1.807, 2.05) is 54.6 Å². The lowest BCUT2D eigenvalue weighted by molar-refractivity contribution is -0.383. The van der Waals surface area contributed by atoms with E-state index in [2.05, 4.69) is 38.1 Å². The maximum atomic E-state index is 12.5. The van der Waals surface area contributed by atoms with Crippen molar-refractivity contribution in [3.8, 4) is 0 Å². The van der Waals surface area contributed by atoms with E-state index in [9.17, 15) is 10.1 Å². The van der Waals surface area contributed by atoms with Gasteiger partial charge in [-0.1, -0.05) is 73.7 Å². The molecule has 5 rings (SSSR count). The van der Waals surface area contributed by atoms with Crippen LogP contribution in [0.25, 0.3) is 37.2 Å². The van der Waals surface area contributed by atoms with Crippen LogP contribution in [-0.2, 0) is 0 Å². The molecule has 0 saturated carbocycles. The van der Waals surface area contributed by atoms with E-state index >= 15 is 0 Å². The van der Waals surface area contributed by atoms with Crippen LogP contribution in [0.5, 0.6) is 0 Å². The van der Waals surface area contributed by atoms with E-state index in [4.69, 9.17) is 0 Å². The van der Waals surface area contributed by atoms with Gasteiger partial charge in [0.15, 0.2) is 0 Å². The molecule has 0 spiro atoms. The van der Waals surface area contributed by atoms with Crippen LogP contribution in [0.4, 0.5) is 5.69 Å². The Bertz CT molecular complexity index is 1510. The summed E-state index contributed by atoms with van der Waals surface area (Å²) in [5.74, 6) is 0. The first-order valence-electron chi connectivity index (χ1n) is 10.4. The molecular formula is C27H21NO2S. The van der Waals surface area contributed by atoms with Crippen molar-refractivity contribution in [3.05, 3.63) is 105 Å². The van der Waals surface area contributed by atoms with Gasteiger partial charge in [-0.15, -0.1) is 11.3 Å². The third-order valence-electron chi connectivity index (χ3n) is 5.85. The number of benzene rings is 4. The maximum absolute atomic E-state index is 12.5. The average Bonchev–Trinajstić information content (AvgIpc) is 3.13. The number of hydrogen-bond acceptors (Lipinski definition) is 3. The second-order valence-electron chi connectivity index (χ2n) is 7.65. The third-order valence-corrected chi connectivity index (χ3v) is 7.16. The van der Waals surface area contributed by atoms with Crippen molar-refractivity contribution in [2.45, 2.75) is 20.3 Å². The van der Waals surface area contributed by atoms with Gasteiger partial charge in [0.05, 0.1) is 15.9 Å². The molecule has 0 aliphatic rings. The van der Waals surface area contributed by atoms with Crippen LogP contribution in [0.3, 0.4) is 0 Å². The Kier molecular flexibility index (Phi) is 4.79. The van der Waals surface area contributed by atoms with Gasteiger partial charge in [0.1, 0.15) is 0 Å².